The lowest BCUT2D eigenvalue weighted by Gasteiger charge is -2.13. The first kappa shape index (κ1) is 14.1. The van der Waals surface area contributed by atoms with E-state index >= 15 is 0 Å². The van der Waals surface area contributed by atoms with Gasteiger partial charge in [-0.15, -0.1) is 0 Å². The summed E-state index contributed by atoms with van der Waals surface area (Å²) in [7, 11) is 1.85. The van der Waals surface area contributed by atoms with E-state index in [1.807, 2.05) is 7.05 Å². The zero-order valence-electron chi connectivity index (χ0n) is 8.66. The molecule has 6 nitrogen and oxygen atoms in total. The second-order valence-electron chi connectivity index (χ2n) is 3.07. The molecular weight excluding hydrogens is 218 g/mol. The molecule has 0 radical (unpaired) electrons. The summed E-state index contributed by atoms with van der Waals surface area (Å²) in [6.45, 7) is 0.860. The van der Waals surface area contributed by atoms with Crippen LogP contribution < -0.4 is 16.4 Å². The molecule has 0 saturated carbocycles. The Hall–Kier alpha value is -0.950. The van der Waals surface area contributed by atoms with E-state index in [4.69, 9.17) is 5.73 Å². The number of amides is 2. The molecule has 0 aliphatic rings. The van der Waals surface area contributed by atoms with E-state index in [0.717, 1.165) is 19.4 Å². The van der Waals surface area contributed by atoms with Crippen molar-refractivity contribution >= 4 is 24.9 Å². The average Bonchev–Trinajstić information content (AvgIpc) is 2.21. The molecule has 0 rings (SSSR count). The Bertz CT molecular complexity index is 213. The zero-order chi connectivity index (χ0) is 11.7. The number of hydrogen-bond donors (Lipinski definition) is 4. The number of nitrogens with two attached hydrogens (primary N) is 1. The second-order valence-corrected chi connectivity index (χ2v) is 3.25. The minimum atomic E-state index is -0.743. The normalized spacial score (nSPS) is 11.9. The monoisotopic (exact) mass is 235 g/mol. The molecule has 15 heavy (non-hydrogen) atoms. The molecule has 0 heterocycles. The van der Waals surface area contributed by atoms with Crippen molar-refractivity contribution in [3.05, 3.63) is 0 Å². The summed E-state index contributed by atoms with van der Waals surface area (Å²) in [5.74, 6) is -0.596. The van der Waals surface area contributed by atoms with Gasteiger partial charge >= 0.3 is 12.0 Å². The first-order valence-corrected chi connectivity index (χ1v) is 5.04. The molecule has 0 aromatic heterocycles. The van der Waals surface area contributed by atoms with Crippen LogP contribution in [0.15, 0.2) is 0 Å². The van der Waals surface area contributed by atoms with Gasteiger partial charge in [0, 0.05) is 12.9 Å². The van der Waals surface area contributed by atoms with Crippen molar-refractivity contribution < 1.29 is 13.8 Å². The summed E-state index contributed by atoms with van der Waals surface area (Å²) in [5, 5.41) is 5.28. The summed E-state index contributed by atoms with van der Waals surface area (Å²) >= 11 is 3.39. The largest absolute Gasteiger partial charge is 0.393 e. The van der Waals surface area contributed by atoms with Crippen LogP contribution in [0.4, 0.5) is 4.79 Å². The molecule has 0 aliphatic carbocycles. The first-order valence-electron chi connectivity index (χ1n) is 4.67. The lowest BCUT2D eigenvalue weighted by molar-refractivity contribution is -0.135. The highest BCUT2D eigenvalue weighted by Crippen LogP contribution is 2.03. The third-order valence-electron chi connectivity index (χ3n) is 1.86. The van der Waals surface area contributed by atoms with Gasteiger partial charge in [-0.1, -0.05) is 0 Å². The first-order chi connectivity index (χ1) is 7.11. The number of carbonyl (C=O) groups is 2. The van der Waals surface area contributed by atoms with Crippen LogP contribution in [0.25, 0.3) is 0 Å². The van der Waals surface area contributed by atoms with Crippen molar-refractivity contribution in [1.82, 2.24) is 10.6 Å². The minimum absolute atomic E-state index is 0.490. The van der Waals surface area contributed by atoms with Crippen LogP contribution in [-0.4, -0.2) is 31.6 Å². The number of carbonyl (C=O) groups excluding carboxylic acids is 2. The molecule has 1 unspecified atom stereocenters. The summed E-state index contributed by atoms with van der Waals surface area (Å²) in [6, 6.07) is -1.45. The molecule has 2 amide bonds. The Morgan fingerprint density at radius 2 is 2.13 bits per heavy atom. The fourth-order valence-electron chi connectivity index (χ4n) is 1.13. The van der Waals surface area contributed by atoms with E-state index in [2.05, 4.69) is 27.7 Å². The molecule has 88 valence electrons. The topological polar surface area (TPSA) is 93.5 Å². The zero-order valence-corrected chi connectivity index (χ0v) is 9.55. The van der Waals surface area contributed by atoms with Gasteiger partial charge in [0.2, 0.25) is 0 Å². The summed E-state index contributed by atoms with van der Waals surface area (Å²) in [6.07, 6.45) is 2.19. The number of primary amides is 1. The van der Waals surface area contributed by atoms with Gasteiger partial charge in [0.15, 0.2) is 0 Å². The Balaban J connectivity index is 3.90. The van der Waals surface area contributed by atoms with Crippen molar-refractivity contribution in [1.29, 1.82) is 0 Å². The van der Waals surface area contributed by atoms with Gasteiger partial charge in [0.25, 0.3) is 0 Å². The lowest BCUT2D eigenvalue weighted by atomic mass is 10.1. The highest BCUT2D eigenvalue weighted by Gasteiger charge is 2.19. The van der Waals surface area contributed by atoms with Gasteiger partial charge < -0.3 is 20.6 Å². The maximum atomic E-state index is 11.1. The number of rotatable bonds is 7. The van der Waals surface area contributed by atoms with E-state index in [-0.39, 0.29) is 0 Å². The van der Waals surface area contributed by atoms with Crippen molar-refractivity contribution in [2.24, 2.45) is 5.73 Å². The molecule has 7 heteroatoms. The van der Waals surface area contributed by atoms with Gasteiger partial charge in [-0.25, -0.2) is 9.59 Å². The SMILES string of the molecule is CNCCCCC(NC(N)=O)C(=O)OS. The third-order valence-corrected chi connectivity index (χ3v) is 2.04. The number of unbranched alkanes of at least 4 members (excludes halogenated alkanes) is 1. The summed E-state index contributed by atoms with van der Waals surface area (Å²) < 4.78 is 4.24. The maximum absolute atomic E-state index is 11.1. The van der Waals surface area contributed by atoms with E-state index in [1.54, 1.807) is 0 Å². The molecule has 0 aliphatic heterocycles. The minimum Gasteiger partial charge on any atom is -0.393 e. The fourth-order valence-corrected chi connectivity index (χ4v) is 1.26. The van der Waals surface area contributed by atoms with E-state index in [0.29, 0.717) is 6.42 Å². The number of thiol groups is 1. The fraction of sp³-hybridized carbons (Fsp3) is 0.750. The smallest absolute Gasteiger partial charge is 0.340 e. The predicted octanol–water partition coefficient (Wildman–Crippen LogP) is -0.199. The van der Waals surface area contributed by atoms with Crippen LogP contribution in [-0.2, 0) is 8.98 Å². The van der Waals surface area contributed by atoms with Gasteiger partial charge in [0.1, 0.15) is 6.04 Å². The van der Waals surface area contributed by atoms with Crippen molar-refractivity contribution in [2.75, 3.05) is 13.6 Å². The second kappa shape index (κ2) is 8.37. The molecule has 0 saturated heterocycles. The van der Waals surface area contributed by atoms with Crippen LogP contribution in [0.5, 0.6) is 0 Å². The molecule has 0 spiro atoms. The molecule has 0 aromatic carbocycles. The van der Waals surface area contributed by atoms with Crippen LogP contribution in [0.1, 0.15) is 19.3 Å². The van der Waals surface area contributed by atoms with Gasteiger partial charge in [-0.3, -0.25) is 0 Å². The molecule has 0 fully saturated rings. The summed E-state index contributed by atoms with van der Waals surface area (Å²) in [4.78, 5) is 21.7. The van der Waals surface area contributed by atoms with E-state index in [1.165, 1.54) is 0 Å². The molecule has 0 aromatic rings. The average molecular weight is 235 g/mol. The van der Waals surface area contributed by atoms with Crippen molar-refractivity contribution in [2.45, 2.75) is 25.3 Å². The number of urea groups is 1. The Morgan fingerprint density at radius 3 is 2.60 bits per heavy atom. The summed E-state index contributed by atoms with van der Waals surface area (Å²) in [5.41, 5.74) is 4.92. The van der Waals surface area contributed by atoms with Gasteiger partial charge in [-0.2, -0.15) is 0 Å². The van der Waals surface area contributed by atoms with Crippen LogP contribution in [0, 0.1) is 0 Å². The molecule has 0 bridgehead atoms. The third kappa shape index (κ3) is 7.03. The highest BCUT2D eigenvalue weighted by atomic mass is 32.1. The van der Waals surface area contributed by atoms with Crippen molar-refractivity contribution in [3.8, 4) is 0 Å². The predicted molar refractivity (Wildman–Crippen MR) is 59.4 cm³/mol. The maximum Gasteiger partial charge on any atom is 0.340 e. The molecule has 4 N–H and O–H groups in total. The Morgan fingerprint density at radius 1 is 1.47 bits per heavy atom. The lowest BCUT2D eigenvalue weighted by Crippen LogP contribution is -2.43. The molecular formula is C8H17N3O3S. The van der Waals surface area contributed by atoms with E-state index in [9.17, 15) is 9.59 Å². The van der Waals surface area contributed by atoms with E-state index < -0.39 is 18.0 Å². The number of nitrogens with one attached hydrogen (secondary N) is 2. The van der Waals surface area contributed by atoms with Gasteiger partial charge in [0.05, 0.1) is 0 Å². The Kier molecular flexibility index (Phi) is 7.84. The van der Waals surface area contributed by atoms with Crippen LogP contribution in [0.3, 0.4) is 0 Å². The quantitative estimate of drug-likeness (QED) is 0.279. The van der Waals surface area contributed by atoms with Crippen molar-refractivity contribution in [3.63, 3.8) is 0 Å². The highest BCUT2D eigenvalue weighted by molar-refractivity contribution is 7.75. The Labute approximate surface area is 94.5 Å². The van der Waals surface area contributed by atoms with Crippen LogP contribution >= 0.6 is 12.9 Å². The van der Waals surface area contributed by atoms with Gasteiger partial charge in [-0.05, 0) is 32.9 Å². The number of hydrogen-bond acceptors (Lipinski definition) is 5. The van der Waals surface area contributed by atoms with Crippen LogP contribution in [0.2, 0.25) is 0 Å². The standard InChI is InChI=1S/C8H17N3O3S/c1-10-5-3-2-4-6(7(12)14-15)11-8(9)13/h6,10,15H,2-5H2,1H3,(H3,9,11,13). The molecule has 1 atom stereocenters.